The van der Waals surface area contributed by atoms with Crippen LogP contribution in [0, 0.1) is 28.4 Å². The molecule has 4 rings (SSSR count). The lowest BCUT2D eigenvalue weighted by molar-refractivity contribution is -0.384. The van der Waals surface area contributed by atoms with Crippen LogP contribution in [-0.4, -0.2) is 22.5 Å². The second-order valence-corrected chi connectivity index (χ2v) is 9.89. The highest BCUT2D eigenvalue weighted by atomic mass is 32.2. The third-order valence-electron chi connectivity index (χ3n) is 5.30. The number of nitrogens with one attached hydrogen (secondary N) is 2. The van der Waals surface area contributed by atoms with Gasteiger partial charge in [-0.3, -0.25) is 19.7 Å². The SMILES string of the molecule is Cc1ccc(-c2csc(NC(=O)CSc3cccc(NC(=O)c4cccc([N+](=O)[O-])c4)c3)c2C#N)cc1. The smallest absolute Gasteiger partial charge is 0.270 e. The van der Waals surface area contributed by atoms with E-state index in [-0.39, 0.29) is 22.9 Å². The number of rotatable bonds is 8. The monoisotopic (exact) mass is 528 g/mol. The Balaban J connectivity index is 1.38. The van der Waals surface area contributed by atoms with Gasteiger partial charge in [-0.25, -0.2) is 0 Å². The van der Waals surface area contributed by atoms with Crippen molar-refractivity contribution < 1.29 is 14.5 Å². The Labute approximate surface area is 221 Å². The molecule has 2 amide bonds. The molecular weight excluding hydrogens is 508 g/mol. The van der Waals surface area contributed by atoms with Crippen molar-refractivity contribution in [2.75, 3.05) is 16.4 Å². The van der Waals surface area contributed by atoms with Crippen LogP contribution in [0.15, 0.2) is 83.1 Å². The van der Waals surface area contributed by atoms with Gasteiger partial charge in [0.25, 0.3) is 11.6 Å². The Morgan fingerprint density at radius 3 is 2.54 bits per heavy atom. The molecule has 1 aromatic heterocycles. The van der Waals surface area contributed by atoms with Crippen LogP contribution in [0.5, 0.6) is 0 Å². The van der Waals surface area contributed by atoms with Crippen LogP contribution in [0.1, 0.15) is 21.5 Å². The number of nitro benzene ring substituents is 1. The second kappa shape index (κ2) is 11.5. The summed E-state index contributed by atoms with van der Waals surface area (Å²) in [4.78, 5) is 36.3. The molecule has 10 heteroatoms. The number of hydrogen-bond acceptors (Lipinski definition) is 7. The van der Waals surface area contributed by atoms with Gasteiger partial charge >= 0.3 is 0 Å². The minimum atomic E-state index is -0.557. The number of nitriles is 1. The molecule has 37 heavy (non-hydrogen) atoms. The van der Waals surface area contributed by atoms with Crippen molar-refractivity contribution in [2.45, 2.75) is 11.8 Å². The molecule has 0 fully saturated rings. The third kappa shape index (κ3) is 6.41. The normalized spacial score (nSPS) is 10.4. The van der Waals surface area contributed by atoms with E-state index in [9.17, 15) is 25.0 Å². The van der Waals surface area contributed by atoms with Gasteiger partial charge in [-0.2, -0.15) is 5.26 Å². The van der Waals surface area contributed by atoms with Crippen LogP contribution >= 0.6 is 23.1 Å². The molecule has 0 aliphatic carbocycles. The fraction of sp³-hybridized carbons (Fsp3) is 0.0741. The summed E-state index contributed by atoms with van der Waals surface area (Å²) in [6.45, 7) is 1.99. The maximum atomic E-state index is 12.6. The summed E-state index contributed by atoms with van der Waals surface area (Å²) >= 11 is 2.58. The number of thioether (sulfide) groups is 1. The predicted molar refractivity (Wildman–Crippen MR) is 146 cm³/mol. The lowest BCUT2D eigenvalue weighted by atomic mass is 10.0. The van der Waals surface area contributed by atoms with Crippen molar-refractivity contribution in [1.82, 2.24) is 0 Å². The summed E-state index contributed by atoms with van der Waals surface area (Å²) in [7, 11) is 0. The maximum absolute atomic E-state index is 12.6. The molecular formula is C27H20N4O4S2. The zero-order valence-corrected chi connectivity index (χ0v) is 21.2. The van der Waals surface area contributed by atoms with Crippen molar-refractivity contribution in [1.29, 1.82) is 5.26 Å². The lowest BCUT2D eigenvalue weighted by Crippen LogP contribution is -2.14. The Bertz CT molecular complexity index is 1520. The average molecular weight is 529 g/mol. The third-order valence-corrected chi connectivity index (χ3v) is 7.19. The van der Waals surface area contributed by atoms with E-state index in [4.69, 9.17) is 0 Å². The first-order chi connectivity index (χ1) is 17.8. The van der Waals surface area contributed by atoms with Crippen LogP contribution < -0.4 is 10.6 Å². The number of non-ortho nitro benzene ring substituents is 1. The zero-order valence-electron chi connectivity index (χ0n) is 19.6. The highest BCUT2D eigenvalue weighted by molar-refractivity contribution is 8.00. The molecule has 0 unspecified atom stereocenters. The molecule has 3 aromatic carbocycles. The van der Waals surface area contributed by atoms with Gasteiger partial charge in [0, 0.05) is 39.2 Å². The fourth-order valence-corrected chi connectivity index (χ4v) is 5.14. The number of anilines is 2. The van der Waals surface area contributed by atoms with Gasteiger partial charge in [0.2, 0.25) is 5.91 Å². The molecule has 0 saturated heterocycles. The van der Waals surface area contributed by atoms with Crippen molar-refractivity contribution >= 4 is 51.3 Å². The number of nitrogens with zero attached hydrogens (tertiary/aromatic N) is 2. The molecule has 184 valence electrons. The summed E-state index contributed by atoms with van der Waals surface area (Å²) in [5.74, 6) is -0.634. The predicted octanol–water partition coefficient (Wildman–Crippen LogP) is 6.49. The van der Waals surface area contributed by atoms with Crippen LogP contribution in [-0.2, 0) is 4.79 Å². The number of thiophene rings is 1. The standard InChI is InChI=1S/C27H20N4O4S2/c1-17-8-10-18(11-9-17)24-15-37-27(23(24)14-28)30-25(32)16-36-22-7-3-5-20(13-22)29-26(33)19-4-2-6-21(12-19)31(34)35/h2-13,15H,16H2,1H3,(H,29,33)(H,30,32). The van der Waals surface area contributed by atoms with E-state index >= 15 is 0 Å². The van der Waals surface area contributed by atoms with Crippen molar-refractivity contribution in [3.63, 3.8) is 0 Å². The van der Waals surface area contributed by atoms with Crippen molar-refractivity contribution in [3.05, 3.63) is 105 Å². The largest absolute Gasteiger partial charge is 0.322 e. The van der Waals surface area contributed by atoms with E-state index in [0.717, 1.165) is 21.6 Å². The number of carbonyl (C=O) groups is 2. The molecule has 0 atom stereocenters. The van der Waals surface area contributed by atoms with Gasteiger partial charge in [-0.1, -0.05) is 42.0 Å². The van der Waals surface area contributed by atoms with E-state index in [1.807, 2.05) is 42.6 Å². The summed E-state index contributed by atoms with van der Waals surface area (Å²) < 4.78 is 0. The lowest BCUT2D eigenvalue weighted by Gasteiger charge is -2.08. The summed E-state index contributed by atoms with van der Waals surface area (Å²) in [6, 6.07) is 22.5. The van der Waals surface area contributed by atoms with E-state index < -0.39 is 10.8 Å². The van der Waals surface area contributed by atoms with Gasteiger partial charge in [0.15, 0.2) is 0 Å². The maximum Gasteiger partial charge on any atom is 0.270 e. The second-order valence-electron chi connectivity index (χ2n) is 7.96. The van der Waals surface area contributed by atoms with Gasteiger partial charge in [0.1, 0.15) is 11.1 Å². The van der Waals surface area contributed by atoms with Gasteiger partial charge in [-0.05, 0) is 36.8 Å². The number of carbonyl (C=O) groups excluding carboxylic acids is 2. The Morgan fingerprint density at radius 2 is 1.81 bits per heavy atom. The first-order valence-electron chi connectivity index (χ1n) is 11.0. The molecule has 0 bridgehead atoms. The number of benzene rings is 3. The average Bonchev–Trinajstić information content (AvgIpc) is 3.30. The number of aryl methyl sites for hydroxylation is 1. The molecule has 0 spiro atoms. The topological polar surface area (TPSA) is 125 Å². The Kier molecular flexibility index (Phi) is 7.98. The van der Waals surface area contributed by atoms with E-state index in [1.54, 1.807) is 18.2 Å². The quantitative estimate of drug-likeness (QED) is 0.153. The highest BCUT2D eigenvalue weighted by Crippen LogP contribution is 2.35. The van der Waals surface area contributed by atoms with Crippen LogP contribution in [0.25, 0.3) is 11.1 Å². The number of nitro groups is 1. The highest BCUT2D eigenvalue weighted by Gasteiger charge is 2.16. The van der Waals surface area contributed by atoms with Crippen molar-refractivity contribution in [3.8, 4) is 17.2 Å². The zero-order chi connectivity index (χ0) is 26.4. The first-order valence-corrected chi connectivity index (χ1v) is 12.9. The Hall–Kier alpha value is -4.46. The molecule has 0 aliphatic heterocycles. The fourth-order valence-electron chi connectivity index (χ4n) is 3.45. The first kappa shape index (κ1) is 25.6. The van der Waals surface area contributed by atoms with Crippen molar-refractivity contribution in [2.24, 2.45) is 0 Å². The minimum absolute atomic E-state index is 0.102. The number of amides is 2. The van der Waals surface area contributed by atoms with E-state index in [0.29, 0.717) is 16.3 Å². The minimum Gasteiger partial charge on any atom is -0.322 e. The summed E-state index contributed by atoms with van der Waals surface area (Å²) in [5.41, 5.74) is 3.74. The molecule has 2 N–H and O–H groups in total. The molecule has 4 aromatic rings. The Morgan fingerprint density at radius 1 is 1.05 bits per heavy atom. The molecule has 0 aliphatic rings. The number of hydrogen-bond donors (Lipinski definition) is 2. The molecule has 0 saturated carbocycles. The van der Waals surface area contributed by atoms with E-state index in [1.165, 1.54) is 47.4 Å². The van der Waals surface area contributed by atoms with Crippen LogP contribution in [0.2, 0.25) is 0 Å². The van der Waals surface area contributed by atoms with Gasteiger partial charge in [0.05, 0.1) is 16.2 Å². The summed E-state index contributed by atoms with van der Waals surface area (Å²) in [6.07, 6.45) is 0. The van der Waals surface area contributed by atoms with Gasteiger partial charge < -0.3 is 10.6 Å². The van der Waals surface area contributed by atoms with E-state index in [2.05, 4.69) is 16.7 Å². The van der Waals surface area contributed by atoms with Crippen LogP contribution in [0.3, 0.4) is 0 Å². The molecule has 8 nitrogen and oxygen atoms in total. The molecule has 0 radical (unpaired) electrons. The van der Waals surface area contributed by atoms with Crippen LogP contribution in [0.4, 0.5) is 16.4 Å². The van der Waals surface area contributed by atoms with Gasteiger partial charge in [-0.15, -0.1) is 23.1 Å². The molecule has 1 heterocycles. The summed E-state index contributed by atoms with van der Waals surface area (Å²) in [5, 5.41) is 28.6.